The molecule has 0 saturated carbocycles. The lowest BCUT2D eigenvalue weighted by Crippen LogP contribution is -2.09. The maximum absolute atomic E-state index is 2.39. The lowest BCUT2D eigenvalue weighted by Gasteiger charge is -2.26. The molecule has 61 heavy (non-hydrogen) atoms. The van der Waals surface area contributed by atoms with Gasteiger partial charge in [0.2, 0.25) is 0 Å². The molecule has 0 saturated heterocycles. The first-order chi connectivity index (χ1) is 30.2. The van der Waals surface area contributed by atoms with Gasteiger partial charge in [0.25, 0.3) is 0 Å². The summed E-state index contributed by atoms with van der Waals surface area (Å²) in [6.07, 6.45) is 0. The quantitative estimate of drug-likeness (QED) is 0.156. The minimum atomic E-state index is 1.10. The average molecular weight is 795 g/mol. The van der Waals surface area contributed by atoms with Crippen molar-refractivity contribution in [2.45, 2.75) is 0 Å². The van der Waals surface area contributed by atoms with Gasteiger partial charge in [-0.15, -0.1) is 11.3 Å². The largest absolute Gasteiger partial charge is 0.311 e. The Balaban J connectivity index is 0.934. The molecule has 12 aromatic rings. The molecular formula is C58H38N2S. The normalized spacial score (nSPS) is 11.6. The van der Waals surface area contributed by atoms with Gasteiger partial charge in [0, 0.05) is 53.7 Å². The molecule has 0 N–H and O–H groups in total. The van der Waals surface area contributed by atoms with Crippen molar-refractivity contribution in [3.63, 3.8) is 0 Å². The zero-order chi connectivity index (χ0) is 40.3. The Hall–Kier alpha value is -7.72. The highest BCUT2D eigenvalue weighted by molar-refractivity contribution is 7.25. The van der Waals surface area contributed by atoms with E-state index in [9.17, 15) is 0 Å². The lowest BCUT2D eigenvalue weighted by atomic mass is 9.98. The van der Waals surface area contributed by atoms with Crippen molar-refractivity contribution in [3.05, 3.63) is 231 Å². The van der Waals surface area contributed by atoms with Gasteiger partial charge in [0.1, 0.15) is 0 Å². The van der Waals surface area contributed by atoms with Crippen LogP contribution >= 0.6 is 11.3 Å². The first-order valence-corrected chi connectivity index (χ1v) is 21.6. The molecule has 286 valence electrons. The van der Waals surface area contributed by atoms with Gasteiger partial charge in [-0.05, 0) is 117 Å². The molecule has 0 amide bonds. The summed E-state index contributed by atoms with van der Waals surface area (Å²) in [4.78, 5) is 2.37. The number of thiophene rings is 1. The van der Waals surface area contributed by atoms with Crippen molar-refractivity contribution in [1.29, 1.82) is 0 Å². The van der Waals surface area contributed by atoms with Crippen LogP contribution in [0.15, 0.2) is 231 Å². The van der Waals surface area contributed by atoms with Crippen LogP contribution in [-0.2, 0) is 0 Å². The summed E-state index contributed by atoms with van der Waals surface area (Å²) >= 11 is 1.86. The Labute approximate surface area is 358 Å². The minimum Gasteiger partial charge on any atom is -0.311 e. The Morgan fingerprint density at radius 2 is 0.820 bits per heavy atom. The van der Waals surface area contributed by atoms with Gasteiger partial charge in [0.05, 0.1) is 11.0 Å². The molecule has 0 fully saturated rings. The number of anilines is 3. The number of rotatable bonds is 7. The topological polar surface area (TPSA) is 8.17 Å². The second-order valence-corrected chi connectivity index (χ2v) is 16.8. The molecule has 2 aromatic heterocycles. The van der Waals surface area contributed by atoms with Gasteiger partial charge in [-0.25, -0.2) is 0 Å². The van der Waals surface area contributed by atoms with Crippen molar-refractivity contribution in [2.75, 3.05) is 4.90 Å². The lowest BCUT2D eigenvalue weighted by molar-refractivity contribution is 1.18. The monoisotopic (exact) mass is 794 g/mol. The number of benzene rings is 10. The van der Waals surface area contributed by atoms with Crippen molar-refractivity contribution < 1.29 is 0 Å². The Bertz CT molecular complexity index is 3560. The van der Waals surface area contributed by atoms with Crippen molar-refractivity contribution in [1.82, 2.24) is 4.57 Å². The van der Waals surface area contributed by atoms with E-state index in [2.05, 4.69) is 240 Å². The third-order valence-corrected chi connectivity index (χ3v) is 13.3. The van der Waals surface area contributed by atoms with Crippen LogP contribution in [0.25, 0.3) is 91.8 Å². The smallest absolute Gasteiger partial charge is 0.0547 e. The molecule has 0 aliphatic carbocycles. The second kappa shape index (κ2) is 14.5. The highest BCUT2D eigenvalue weighted by atomic mass is 32.1. The molecule has 2 nitrogen and oxygen atoms in total. The predicted molar refractivity (Wildman–Crippen MR) is 262 cm³/mol. The fourth-order valence-electron chi connectivity index (χ4n) is 9.23. The summed E-state index contributed by atoms with van der Waals surface area (Å²) in [5, 5.41) is 7.67. The second-order valence-electron chi connectivity index (χ2n) is 15.7. The van der Waals surface area contributed by atoms with Gasteiger partial charge < -0.3 is 9.47 Å². The fraction of sp³-hybridized carbons (Fsp3) is 0. The van der Waals surface area contributed by atoms with Crippen LogP contribution in [0, 0.1) is 0 Å². The predicted octanol–water partition coefficient (Wildman–Crippen LogP) is 16.8. The molecule has 0 radical (unpaired) electrons. The number of hydrogen-bond donors (Lipinski definition) is 0. The molecule has 3 heteroatoms. The summed E-state index contributed by atoms with van der Waals surface area (Å²) in [6.45, 7) is 0. The van der Waals surface area contributed by atoms with E-state index in [0.29, 0.717) is 0 Å². The van der Waals surface area contributed by atoms with E-state index in [1.54, 1.807) is 0 Å². The number of para-hydroxylation sites is 2. The van der Waals surface area contributed by atoms with Crippen LogP contribution in [0.1, 0.15) is 0 Å². The van der Waals surface area contributed by atoms with Gasteiger partial charge >= 0.3 is 0 Å². The molecule has 0 aliphatic heterocycles. The van der Waals surface area contributed by atoms with Crippen molar-refractivity contribution >= 4 is 81.1 Å². The molecule has 12 rings (SSSR count). The average Bonchev–Trinajstić information content (AvgIpc) is 3.87. The summed E-state index contributed by atoms with van der Waals surface area (Å²) < 4.78 is 5.03. The molecule has 10 aromatic carbocycles. The molecule has 0 aliphatic rings. The van der Waals surface area contributed by atoms with E-state index >= 15 is 0 Å². The van der Waals surface area contributed by atoms with E-state index in [1.165, 1.54) is 86.1 Å². The zero-order valence-electron chi connectivity index (χ0n) is 33.2. The van der Waals surface area contributed by atoms with E-state index in [-0.39, 0.29) is 0 Å². The number of hydrogen-bond acceptors (Lipinski definition) is 2. The number of nitrogens with zero attached hydrogens (tertiary/aromatic N) is 2. The van der Waals surface area contributed by atoms with Gasteiger partial charge in [0.15, 0.2) is 0 Å². The molecule has 0 atom stereocenters. The van der Waals surface area contributed by atoms with E-state index in [0.717, 1.165) is 22.7 Å². The van der Waals surface area contributed by atoms with Gasteiger partial charge in [-0.2, -0.15) is 0 Å². The van der Waals surface area contributed by atoms with Crippen LogP contribution in [-0.4, -0.2) is 4.57 Å². The van der Waals surface area contributed by atoms with Crippen molar-refractivity contribution in [3.8, 4) is 39.1 Å². The fourth-order valence-corrected chi connectivity index (χ4v) is 10.4. The third-order valence-electron chi connectivity index (χ3n) is 12.2. The summed E-state index contributed by atoms with van der Waals surface area (Å²) in [5.41, 5.74) is 14.1. The Kier molecular flexibility index (Phi) is 8.39. The molecule has 0 bridgehead atoms. The third kappa shape index (κ3) is 6.09. The highest BCUT2D eigenvalue weighted by Gasteiger charge is 2.17. The SMILES string of the molecule is c1ccc(-n2c3ccccc3c3ccc(-c4ccc(N(c5ccc(-c6ccc7c(c6)sc6ccccc67)cc5)c5ccc(-c6cccc7ccccc67)cc5)cc4)cc32)cc1. The summed E-state index contributed by atoms with van der Waals surface area (Å²) in [5.74, 6) is 0. The van der Waals surface area contributed by atoms with Crippen LogP contribution in [0.3, 0.4) is 0 Å². The first kappa shape index (κ1) is 35.2. The molecule has 0 spiro atoms. The van der Waals surface area contributed by atoms with Crippen LogP contribution < -0.4 is 4.90 Å². The maximum Gasteiger partial charge on any atom is 0.0547 e. The molecular weight excluding hydrogens is 757 g/mol. The number of aromatic nitrogens is 1. The molecule has 2 heterocycles. The zero-order valence-corrected chi connectivity index (χ0v) is 34.1. The van der Waals surface area contributed by atoms with Gasteiger partial charge in [-0.3, -0.25) is 0 Å². The molecule has 0 unspecified atom stereocenters. The van der Waals surface area contributed by atoms with E-state index in [4.69, 9.17) is 0 Å². The minimum absolute atomic E-state index is 1.10. The van der Waals surface area contributed by atoms with Crippen molar-refractivity contribution in [2.24, 2.45) is 0 Å². The first-order valence-electron chi connectivity index (χ1n) is 20.8. The summed E-state index contributed by atoms with van der Waals surface area (Å²) in [7, 11) is 0. The number of fused-ring (bicyclic) bond motifs is 7. The highest BCUT2D eigenvalue weighted by Crippen LogP contribution is 2.41. The summed E-state index contributed by atoms with van der Waals surface area (Å²) in [6, 6.07) is 84.1. The maximum atomic E-state index is 2.39. The van der Waals surface area contributed by atoms with Gasteiger partial charge in [-0.1, -0.05) is 158 Å². The van der Waals surface area contributed by atoms with E-state index in [1.807, 2.05) is 11.3 Å². The van der Waals surface area contributed by atoms with Crippen LogP contribution in [0.5, 0.6) is 0 Å². The van der Waals surface area contributed by atoms with Crippen LogP contribution in [0.2, 0.25) is 0 Å². The standard InChI is InChI=1S/C58H38N2S/c1-2-13-45(14-3-1)60-55-19-8-6-16-51(55)52-35-27-43(37-56(52)60)39-21-29-46(30-22-39)59(48-33-25-42(26-34-48)50-18-10-12-41-11-4-5-15-49(41)50)47-31-23-40(24-32-47)44-28-36-54-53-17-7-9-20-57(53)61-58(54)38-44/h1-38H. The van der Waals surface area contributed by atoms with Crippen LogP contribution in [0.4, 0.5) is 17.1 Å². The Morgan fingerprint density at radius 3 is 1.54 bits per heavy atom. The van der Waals surface area contributed by atoms with E-state index < -0.39 is 0 Å². The Morgan fingerprint density at radius 1 is 0.311 bits per heavy atom.